The van der Waals surface area contributed by atoms with Crippen LogP contribution in [0, 0.1) is 0 Å². The third-order valence-electron chi connectivity index (χ3n) is 5.05. The summed E-state index contributed by atoms with van der Waals surface area (Å²) in [7, 11) is 0. The number of benzene rings is 1. The summed E-state index contributed by atoms with van der Waals surface area (Å²) in [4.78, 5) is 21.0. The molecule has 0 spiro atoms. The van der Waals surface area contributed by atoms with Gasteiger partial charge in [0.05, 0.1) is 10.6 Å². The maximum atomic E-state index is 13.3. The van der Waals surface area contributed by atoms with Crippen LogP contribution in [0.15, 0.2) is 47.8 Å². The average molecular weight is 381 g/mol. The first-order valence-corrected chi connectivity index (χ1v) is 10.4. The van der Waals surface area contributed by atoms with Crippen molar-refractivity contribution >= 4 is 17.2 Å². The van der Waals surface area contributed by atoms with Gasteiger partial charge < -0.3 is 4.90 Å². The average Bonchev–Trinajstić information content (AvgIpc) is 3.42. The Hall–Kier alpha value is -2.47. The Morgan fingerprint density at radius 2 is 1.89 bits per heavy atom. The molecular formula is C21H24N4OS. The van der Waals surface area contributed by atoms with Gasteiger partial charge in [-0.05, 0) is 50.3 Å². The zero-order valence-electron chi connectivity index (χ0n) is 15.7. The Balaban J connectivity index is 1.76. The molecule has 5 nitrogen and oxygen atoms in total. The number of carbonyl (C=O) groups is 1. The summed E-state index contributed by atoms with van der Waals surface area (Å²) in [6, 6.07) is 14.3. The molecule has 6 heteroatoms. The third-order valence-corrected chi connectivity index (χ3v) is 5.92. The smallest absolute Gasteiger partial charge is 0.294 e. The summed E-state index contributed by atoms with van der Waals surface area (Å²) in [5.41, 5.74) is 0.907. The molecule has 0 bridgehead atoms. The molecule has 27 heavy (non-hydrogen) atoms. The molecule has 1 saturated carbocycles. The summed E-state index contributed by atoms with van der Waals surface area (Å²) >= 11 is 1.60. The molecule has 0 N–H and O–H groups in total. The summed E-state index contributed by atoms with van der Waals surface area (Å²) in [5.74, 6) is 0.932. The molecule has 0 unspecified atom stereocenters. The van der Waals surface area contributed by atoms with Gasteiger partial charge in [-0.3, -0.25) is 4.79 Å². The summed E-state index contributed by atoms with van der Waals surface area (Å²) < 4.78 is 1.78. The van der Waals surface area contributed by atoms with E-state index < -0.39 is 0 Å². The minimum absolute atomic E-state index is 0.0654. The van der Waals surface area contributed by atoms with Crippen molar-refractivity contribution in [2.45, 2.75) is 51.6 Å². The molecule has 1 fully saturated rings. The molecule has 0 aliphatic heterocycles. The molecule has 3 aromatic rings. The topological polar surface area (TPSA) is 51.0 Å². The van der Waals surface area contributed by atoms with Gasteiger partial charge >= 0.3 is 0 Å². The second-order valence-electron chi connectivity index (χ2n) is 7.23. The van der Waals surface area contributed by atoms with Crippen LogP contribution in [0.1, 0.15) is 50.1 Å². The van der Waals surface area contributed by atoms with Crippen molar-refractivity contribution in [1.29, 1.82) is 0 Å². The Bertz CT molecular complexity index is 896. The number of thiophene rings is 1. The van der Waals surface area contributed by atoms with E-state index in [-0.39, 0.29) is 17.8 Å². The van der Waals surface area contributed by atoms with Crippen molar-refractivity contribution in [1.82, 2.24) is 19.7 Å². The van der Waals surface area contributed by atoms with Crippen LogP contribution in [-0.4, -0.2) is 37.7 Å². The largest absolute Gasteiger partial charge is 0.330 e. The first-order chi connectivity index (χ1) is 13.1. The van der Waals surface area contributed by atoms with E-state index in [1.165, 1.54) is 12.8 Å². The predicted octanol–water partition coefficient (Wildman–Crippen LogP) is 4.79. The number of para-hydroxylation sites is 1. The quantitative estimate of drug-likeness (QED) is 0.639. The number of rotatable bonds is 5. The van der Waals surface area contributed by atoms with Crippen LogP contribution in [0.2, 0.25) is 0 Å². The van der Waals surface area contributed by atoms with E-state index in [2.05, 4.69) is 23.9 Å². The zero-order valence-corrected chi connectivity index (χ0v) is 16.5. The van der Waals surface area contributed by atoms with E-state index in [0.29, 0.717) is 6.04 Å². The highest BCUT2D eigenvalue weighted by Gasteiger charge is 2.32. The fourth-order valence-electron chi connectivity index (χ4n) is 3.84. The molecule has 1 amide bonds. The van der Waals surface area contributed by atoms with Gasteiger partial charge in [-0.1, -0.05) is 37.1 Å². The van der Waals surface area contributed by atoms with E-state index in [1.54, 1.807) is 16.0 Å². The zero-order chi connectivity index (χ0) is 18.8. The number of hydrogen-bond donors (Lipinski definition) is 0. The van der Waals surface area contributed by atoms with E-state index >= 15 is 0 Å². The van der Waals surface area contributed by atoms with Gasteiger partial charge in [0, 0.05) is 12.1 Å². The van der Waals surface area contributed by atoms with Crippen molar-refractivity contribution in [3.8, 4) is 16.4 Å². The first-order valence-electron chi connectivity index (χ1n) is 9.54. The lowest BCUT2D eigenvalue weighted by Gasteiger charge is -2.31. The van der Waals surface area contributed by atoms with Crippen LogP contribution in [0.25, 0.3) is 16.4 Å². The maximum absolute atomic E-state index is 13.3. The highest BCUT2D eigenvalue weighted by molar-refractivity contribution is 7.13. The van der Waals surface area contributed by atoms with Gasteiger partial charge in [0.1, 0.15) is 0 Å². The number of amides is 1. The molecule has 4 rings (SSSR count). The molecular weight excluding hydrogens is 356 g/mol. The van der Waals surface area contributed by atoms with Gasteiger partial charge in [0.15, 0.2) is 5.82 Å². The Morgan fingerprint density at radius 1 is 1.15 bits per heavy atom. The van der Waals surface area contributed by atoms with Crippen molar-refractivity contribution in [2.24, 2.45) is 0 Å². The van der Waals surface area contributed by atoms with Crippen LogP contribution in [0.3, 0.4) is 0 Å². The summed E-state index contributed by atoms with van der Waals surface area (Å²) in [6.45, 7) is 4.15. The molecule has 0 atom stereocenters. The molecule has 2 aromatic heterocycles. The lowest BCUT2D eigenvalue weighted by Crippen LogP contribution is -2.44. The lowest BCUT2D eigenvalue weighted by atomic mass is 10.1. The van der Waals surface area contributed by atoms with E-state index in [0.717, 1.165) is 29.2 Å². The Morgan fingerprint density at radius 3 is 2.52 bits per heavy atom. The minimum Gasteiger partial charge on any atom is -0.330 e. The van der Waals surface area contributed by atoms with Crippen molar-refractivity contribution in [3.63, 3.8) is 0 Å². The molecule has 1 aliphatic rings. The number of hydrogen-bond acceptors (Lipinski definition) is 4. The predicted molar refractivity (Wildman–Crippen MR) is 108 cm³/mol. The van der Waals surface area contributed by atoms with Crippen LogP contribution < -0.4 is 0 Å². The SMILES string of the molecule is CC(C)N(C(=O)c1nc(-c2cccs2)n(-c2ccccc2)n1)C1CCCC1. The Kier molecular flexibility index (Phi) is 5.07. The van der Waals surface area contributed by atoms with Crippen molar-refractivity contribution in [3.05, 3.63) is 53.7 Å². The van der Waals surface area contributed by atoms with Crippen LogP contribution in [-0.2, 0) is 0 Å². The van der Waals surface area contributed by atoms with Gasteiger partial charge in [-0.2, -0.15) is 0 Å². The molecule has 1 aromatic carbocycles. The number of nitrogens with zero attached hydrogens (tertiary/aromatic N) is 4. The Labute approximate surface area is 163 Å². The van der Waals surface area contributed by atoms with Crippen LogP contribution in [0.5, 0.6) is 0 Å². The lowest BCUT2D eigenvalue weighted by molar-refractivity contribution is 0.0600. The normalized spacial score (nSPS) is 14.8. The molecule has 2 heterocycles. The fraction of sp³-hybridized carbons (Fsp3) is 0.381. The summed E-state index contributed by atoms with van der Waals surface area (Å²) in [6.07, 6.45) is 4.52. The number of aromatic nitrogens is 3. The highest BCUT2D eigenvalue weighted by Crippen LogP contribution is 2.29. The second-order valence-corrected chi connectivity index (χ2v) is 8.18. The van der Waals surface area contributed by atoms with Crippen LogP contribution >= 0.6 is 11.3 Å². The van der Waals surface area contributed by atoms with Gasteiger partial charge in [-0.25, -0.2) is 9.67 Å². The minimum atomic E-state index is -0.0654. The monoisotopic (exact) mass is 380 g/mol. The van der Waals surface area contributed by atoms with E-state index in [4.69, 9.17) is 0 Å². The molecule has 140 valence electrons. The van der Waals surface area contributed by atoms with Gasteiger partial charge in [0.25, 0.3) is 5.91 Å². The van der Waals surface area contributed by atoms with Gasteiger partial charge in [-0.15, -0.1) is 16.4 Å². The maximum Gasteiger partial charge on any atom is 0.294 e. The summed E-state index contributed by atoms with van der Waals surface area (Å²) in [5, 5.41) is 6.65. The molecule has 0 radical (unpaired) electrons. The van der Waals surface area contributed by atoms with Crippen LogP contribution in [0.4, 0.5) is 0 Å². The molecule has 1 aliphatic carbocycles. The van der Waals surface area contributed by atoms with Gasteiger partial charge in [0.2, 0.25) is 5.82 Å². The molecule has 0 saturated heterocycles. The number of carbonyl (C=O) groups excluding carboxylic acids is 1. The third kappa shape index (κ3) is 3.54. The first kappa shape index (κ1) is 17.9. The second kappa shape index (κ2) is 7.64. The highest BCUT2D eigenvalue weighted by atomic mass is 32.1. The van der Waals surface area contributed by atoms with Crippen molar-refractivity contribution in [2.75, 3.05) is 0 Å². The van der Waals surface area contributed by atoms with E-state index in [9.17, 15) is 4.79 Å². The standard InChI is InChI=1S/C21H24N4OS/c1-15(2)24(16-9-6-7-10-16)21(26)19-22-20(18-13-8-14-27-18)25(23-19)17-11-4-3-5-12-17/h3-5,8,11-16H,6-7,9-10H2,1-2H3. The van der Waals surface area contributed by atoms with Crippen molar-refractivity contribution < 1.29 is 4.79 Å². The fourth-order valence-corrected chi connectivity index (χ4v) is 4.54. The van der Waals surface area contributed by atoms with E-state index in [1.807, 2.05) is 52.7 Å².